The summed E-state index contributed by atoms with van der Waals surface area (Å²) in [5, 5.41) is 0. The molecule has 0 unspecified atom stereocenters. The average Bonchev–Trinajstić information content (AvgIpc) is 1.88. The molecular formula is C8H6BrFMg. The molecule has 1 aromatic carbocycles. The summed E-state index contributed by atoms with van der Waals surface area (Å²) in [6.07, 6.45) is 1.56. The molecule has 0 atom stereocenters. The Morgan fingerprint density at radius 2 is 2.18 bits per heavy atom. The van der Waals surface area contributed by atoms with Crippen molar-refractivity contribution in [2.24, 2.45) is 0 Å². The van der Waals surface area contributed by atoms with Crippen LogP contribution in [0, 0.1) is 11.9 Å². The largest absolute Gasteiger partial charge is 2.00 e. The molecule has 1 aromatic rings. The van der Waals surface area contributed by atoms with Crippen molar-refractivity contribution in [3.05, 3.63) is 42.2 Å². The second-order valence-corrected chi connectivity index (χ2v) is 1.67. The molecule has 1 rings (SSSR count). The molecule has 0 spiro atoms. The molecule has 11 heavy (non-hydrogen) atoms. The van der Waals surface area contributed by atoms with E-state index < -0.39 is 0 Å². The van der Waals surface area contributed by atoms with E-state index in [0.717, 1.165) is 0 Å². The summed E-state index contributed by atoms with van der Waals surface area (Å²) in [5.41, 5.74) is 0.690. The summed E-state index contributed by atoms with van der Waals surface area (Å²) in [7, 11) is 0. The van der Waals surface area contributed by atoms with E-state index in [9.17, 15) is 4.39 Å². The minimum absolute atomic E-state index is 0. The smallest absolute Gasteiger partial charge is 1.00 e. The van der Waals surface area contributed by atoms with Crippen LogP contribution in [0.15, 0.2) is 24.8 Å². The quantitative estimate of drug-likeness (QED) is 0.420. The van der Waals surface area contributed by atoms with Crippen molar-refractivity contribution in [2.45, 2.75) is 0 Å². The van der Waals surface area contributed by atoms with Crippen LogP contribution in [0.3, 0.4) is 0 Å². The van der Waals surface area contributed by atoms with Gasteiger partial charge in [0.2, 0.25) is 0 Å². The van der Waals surface area contributed by atoms with Gasteiger partial charge in [0.15, 0.2) is 0 Å². The zero-order chi connectivity index (χ0) is 6.69. The van der Waals surface area contributed by atoms with Gasteiger partial charge >= 0.3 is 23.1 Å². The van der Waals surface area contributed by atoms with Gasteiger partial charge in [-0.1, -0.05) is 0 Å². The topological polar surface area (TPSA) is 0 Å². The minimum Gasteiger partial charge on any atom is -1.00 e. The van der Waals surface area contributed by atoms with Crippen LogP contribution in [0.25, 0.3) is 6.08 Å². The monoisotopic (exact) mass is 224 g/mol. The van der Waals surface area contributed by atoms with Crippen LogP contribution in [0.2, 0.25) is 0 Å². The van der Waals surface area contributed by atoms with Crippen LogP contribution < -0.4 is 17.0 Å². The molecular weight excluding hydrogens is 219 g/mol. The molecule has 54 valence electrons. The van der Waals surface area contributed by atoms with Crippen molar-refractivity contribution in [2.75, 3.05) is 0 Å². The second-order valence-electron chi connectivity index (χ2n) is 1.67. The summed E-state index contributed by atoms with van der Waals surface area (Å²) < 4.78 is 12.3. The molecule has 3 heteroatoms. The Kier molecular flexibility index (Phi) is 8.50. The van der Waals surface area contributed by atoms with E-state index in [0.29, 0.717) is 5.56 Å². The number of rotatable bonds is 1. The van der Waals surface area contributed by atoms with E-state index in [4.69, 9.17) is 0 Å². The first-order valence-electron chi connectivity index (χ1n) is 2.62. The van der Waals surface area contributed by atoms with Crippen molar-refractivity contribution < 1.29 is 21.4 Å². The zero-order valence-corrected chi connectivity index (χ0v) is 8.98. The van der Waals surface area contributed by atoms with Gasteiger partial charge in [0.25, 0.3) is 0 Å². The Bertz CT molecular complexity index is 225. The number of hydrogen-bond donors (Lipinski definition) is 0. The van der Waals surface area contributed by atoms with E-state index in [1.165, 1.54) is 18.2 Å². The molecule has 0 N–H and O–H groups in total. The van der Waals surface area contributed by atoms with Gasteiger partial charge in [-0.2, -0.15) is 0 Å². The molecule has 0 aromatic heterocycles. The van der Waals surface area contributed by atoms with Gasteiger partial charge in [0, 0.05) is 5.82 Å². The number of benzene rings is 1. The molecule has 0 aliphatic carbocycles. The molecule has 0 aliphatic rings. The van der Waals surface area contributed by atoms with Gasteiger partial charge < -0.3 is 17.0 Å². The SMILES string of the molecule is C=Cc1[c-]ccc(F)c1.[Br-].[Mg+2]. The fraction of sp³-hybridized carbons (Fsp3) is 0. The van der Waals surface area contributed by atoms with Gasteiger partial charge in [-0.15, -0.1) is 42.5 Å². The maximum atomic E-state index is 12.3. The van der Waals surface area contributed by atoms with Crippen LogP contribution in [0.4, 0.5) is 4.39 Å². The van der Waals surface area contributed by atoms with E-state index in [2.05, 4.69) is 12.6 Å². The molecule has 0 amide bonds. The Labute approximate surface area is 92.4 Å². The summed E-state index contributed by atoms with van der Waals surface area (Å²) >= 11 is 0. The normalized spacial score (nSPS) is 7.36. The molecule has 0 fully saturated rings. The van der Waals surface area contributed by atoms with Crippen molar-refractivity contribution in [1.29, 1.82) is 0 Å². The van der Waals surface area contributed by atoms with Crippen molar-refractivity contribution >= 4 is 29.1 Å². The predicted octanol–water partition coefficient (Wildman–Crippen LogP) is -1.11. The van der Waals surface area contributed by atoms with Crippen molar-refractivity contribution in [3.63, 3.8) is 0 Å². The molecule has 0 heterocycles. The standard InChI is InChI=1S/C8H6F.BrH.Mg/c1-2-7-4-3-5-8(9)6-7;;/h2-3,5-6H,1H2;1H;/q-1;;+2/p-1. The van der Waals surface area contributed by atoms with Gasteiger partial charge in [-0.05, 0) is 0 Å². The van der Waals surface area contributed by atoms with Gasteiger partial charge in [-0.25, -0.2) is 4.39 Å². The predicted molar refractivity (Wildman–Crippen MR) is 41.1 cm³/mol. The third kappa shape index (κ3) is 4.56. The van der Waals surface area contributed by atoms with Crippen molar-refractivity contribution in [1.82, 2.24) is 0 Å². The second kappa shape index (κ2) is 6.82. The molecule has 0 aliphatic heterocycles. The van der Waals surface area contributed by atoms with Gasteiger partial charge in [0.05, 0.1) is 0 Å². The Morgan fingerprint density at radius 1 is 1.55 bits per heavy atom. The van der Waals surface area contributed by atoms with Crippen molar-refractivity contribution in [3.8, 4) is 0 Å². The van der Waals surface area contributed by atoms with E-state index in [1.807, 2.05) is 0 Å². The van der Waals surface area contributed by atoms with E-state index >= 15 is 0 Å². The van der Waals surface area contributed by atoms with Crippen LogP contribution in [0.5, 0.6) is 0 Å². The third-order valence-corrected chi connectivity index (χ3v) is 1.01. The molecule has 0 saturated heterocycles. The number of hydrogen-bond acceptors (Lipinski definition) is 0. The molecule has 0 bridgehead atoms. The van der Waals surface area contributed by atoms with Crippen LogP contribution >= 0.6 is 0 Å². The van der Waals surface area contributed by atoms with Gasteiger partial charge in [-0.3, -0.25) is 0 Å². The summed E-state index contributed by atoms with van der Waals surface area (Å²) in [4.78, 5) is 0. The molecule has 0 nitrogen and oxygen atoms in total. The Balaban J connectivity index is 0. The van der Waals surface area contributed by atoms with E-state index in [1.54, 1.807) is 6.08 Å². The fourth-order valence-electron chi connectivity index (χ4n) is 0.574. The first-order chi connectivity index (χ1) is 4.33. The Hall–Kier alpha value is 0.136. The maximum Gasteiger partial charge on any atom is 2.00 e. The average molecular weight is 225 g/mol. The minimum atomic E-state index is -0.247. The zero-order valence-electron chi connectivity index (χ0n) is 5.98. The van der Waals surface area contributed by atoms with Crippen LogP contribution in [0.1, 0.15) is 5.56 Å². The number of halogens is 2. The van der Waals surface area contributed by atoms with Crippen LogP contribution in [-0.4, -0.2) is 23.1 Å². The summed E-state index contributed by atoms with van der Waals surface area (Å²) in [6.45, 7) is 3.47. The molecule has 0 saturated carbocycles. The third-order valence-electron chi connectivity index (χ3n) is 1.01. The Morgan fingerprint density at radius 3 is 2.55 bits per heavy atom. The first kappa shape index (κ1) is 13.7. The fourth-order valence-corrected chi connectivity index (χ4v) is 0.574. The maximum absolute atomic E-state index is 12.3. The van der Waals surface area contributed by atoms with Gasteiger partial charge in [0.1, 0.15) is 0 Å². The summed E-state index contributed by atoms with van der Waals surface area (Å²) in [6, 6.07) is 7.07. The first-order valence-corrected chi connectivity index (χ1v) is 2.62. The van der Waals surface area contributed by atoms with Crippen LogP contribution in [-0.2, 0) is 0 Å². The van der Waals surface area contributed by atoms with E-state index in [-0.39, 0.29) is 45.9 Å². The molecule has 0 radical (unpaired) electrons. The summed E-state index contributed by atoms with van der Waals surface area (Å²) in [5.74, 6) is -0.247.